The predicted octanol–water partition coefficient (Wildman–Crippen LogP) is 5.15. The Hall–Kier alpha value is -2.18. The van der Waals surface area contributed by atoms with Crippen LogP contribution in [-0.4, -0.2) is 15.5 Å². The molecule has 0 bridgehead atoms. The Morgan fingerprint density at radius 1 is 1.21 bits per heavy atom. The fourth-order valence-electron chi connectivity index (χ4n) is 2.91. The van der Waals surface area contributed by atoms with Crippen molar-refractivity contribution in [3.05, 3.63) is 47.0 Å². The third kappa shape index (κ3) is 2.52. The van der Waals surface area contributed by atoms with E-state index in [1.807, 2.05) is 16.7 Å². The minimum absolute atomic E-state index is 0.102. The van der Waals surface area contributed by atoms with Gasteiger partial charge in [-0.25, -0.2) is 4.98 Å². The van der Waals surface area contributed by atoms with E-state index in [-0.39, 0.29) is 5.91 Å². The van der Waals surface area contributed by atoms with Crippen LogP contribution in [-0.2, 0) is 13.0 Å². The first-order valence-electron chi connectivity index (χ1n) is 7.97. The molecule has 0 saturated heterocycles. The maximum atomic E-state index is 12.7. The van der Waals surface area contributed by atoms with E-state index in [4.69, 9.17) is 0 Å². The van der Waals surface area contributed by atoms with Crippen LogP contribution < -0.4 is 5.32 Å². The molecule has 1 amide bonds. The highest BCUT2D eigenvalue weighted by Gasteiger charge is 2.17. The molecular formula is C18H17N3OS2. The molecule has 122 valence electrons. The van der Waals surface area contributed by atoms with Gasteiger partial charge in [-0.1, -0.05) is 24.3 Å². The largest absolute Gasteiger partial charge is 0.336 e. The minimum Gasteiger partial charge on any atom is -0.336 e. The molecule has 0 fully saturated rings. The fourth-order valence-corrected chi connectivity index (χ4v) is 4.66. The summed E-state index contributed by atoms with van der Waals surface area (Å²) in [7, 11) is 0. The Kier molecular flexibility index (Phi) is 3.86. The third-order valence-electron chi connectivity index (χ3n) is 4.15. The zero-order valence-electron chi connectivity index (χ0n) is 13.5. The number of benzene rings is 1. The lowest BCUT2D eigenvalue weighted by atomic mass is 10.2. The number of hydrogen-bond acceptors (Lipinski definition) is 4. The molecule has 0 saturated carbocycles. The van der Waals surface area contributed by atoms with Crippen molar-refractivity contribution in [2.75, 3.05) is 5.32 Å². The highest BCUT2D eigenvalue weighted by Crippen LogP contribution is 2.29. The van der Waals surface area contributed by atoms with Crippen LogP contribution in [0.4, 0.5) is 5.13 Å². The number of carbonyl (C=O) groups excluding carboxylic acids is 1. The summed E-state index contributed by atoms with van der Waals surface area (Å²) in [6.45, 7) is 4.95. The molecule has 4 aromatic rings. The molecule has 6 heteroatoms. The van der Waals surface area contributed by atoms with Gasteiger partial charge in [-0.15, -0.1) is 11.3 Å². The van der Waals surface area contributed by atoms with Crippen LogP contribution in [0.3, 0.4) is 0 Å². The highest BCUT2D eigenvalue weighted by atomic mass is 32.1. The van der Waals surface area contributed by atoms with Crippen molar-refractivity contribution >= 4 is 54.1 Å². The van der Waals surface area contributed by atoms with Gasteiger partial charge in [0.05, 0.1) is 20.4 Å². The second-order valence-corrected chi connectivity index (χ2v) is 7.55. The van der Waals surface area contributed by atoms with E-state index in [1.54, 1.807) is 11.3 Å². The molecule has 0 unspecified atom stereocenters. The summed E-state index contributed by atoms with van der Waals surface area (Å²) in [6, 6.07) is 10.3. The molecule has 0 aliphatic heterocycles. The molecule has 0 radical (unpaired) electrons. The van der Waals surface area contributed by atoms with Gasteiger partial charge in [0.15, 0.2) is 5.13 Å². The Balaban J connectivity index is 1.66. The van der Waals surface area contributed by atoms with Crippen LogP contribution in [0.5, 0.6) is 0 Å². The van der Waals surface area contributed by atoms with Gasteiger partial charge in [-0.05, 0) is 48.6 Å². The summed E-state index contributed by atoms with van der Waals surface area (Å²) in [6.07, 6.45) is 0.996. The summed E-state index contributed by atoms with van der Waals surface area (Å²) in [5.41, 5.74) is 4.01. The van der Waals surface area contributed by atoms with Gasteiger partial charge in [-0.2, -0.15) is 0 Å². The second kappa shape index (κ2) is 6.03. The van der Waals surface area contributed by atoms with Gasteiger partial charge < -0.3 is 4.57 Å². The summed E-state index contributed by atoms with van der Waals surface area (Å²) in [5, 5.41) is 5.66. The number of fused-ring (bicyclic) bond motifs is 2. The predicted molar refractivity (Wildman–Crippen MR) is 102 cm³/mol. The zero-order valence-corrected chi connectivity index (χ0v) is 15.1. The van der Waals surface area contributed by atoms with Gasteiger partial charge in [0.25, 0.3) is 5.91 Å². The number of hydrogen-bond donors (Lipinski definition) is 1. The topological polar surface area (TPSA) is 46.9 Å². The average molecular weight is 355 g/mol. The smallest absolute Gasteiger partial charge is 0.274 e. The van der Waals surface area contributed by atoms with Crippen molar-refractivity contribution in [2.24, 2.45) is 0 Å². The quantitative estimate of drug-likeness (QED) is 0.550. The molecule has 0 aliphatic rings. The number of amides is 1. The summed E-state index contributed by atoms with van der Waals surface area (Å²) >= 11 is 3.18. The van der Waals surface area contributed by atoms with E-state index in [0.717, 1.165) is 33.4 Å². The van der Waals surface area contributed by atoms with Crippen LogP contribution in [0, 0.1) is 0 Å². The molecule has 4 nitrogen and oxygen atoms in total. The molecule has 1 aromatic carbocycles. The average Bonchev–Trinajstić information content (AvgIpc) is 3.26. The van der Waals surface area contributed by atoms with Crippen molar-refractivity contribution in [2.45, 2.75) is 26.8 Å². The zero-order chi connectivity index (χ0) is 16.7. The van der Waals surface area contributed by atoms with E-state index >= 15 is 0 Å². The number of nitrogens with zero attached hydrogens (tertiary/aromatic N) is 2. The lowest BCUT2D eigenvalue weighted by molar-refractivity contribution is 0.101. The number of aryl methyl sites for hydroxylation is 2. The van der Waals surface area contributed by atoms with Crippen LogP contribution in [0.15, 0.2) is 35.7 Å². The van der Waals surface area contributed by atoms with Crippen molar-refractivity contribution < 1.29 is 4.79 Å². The van der Waals surface area contributed by atoms with E-state index in [1.165, 1.54) is 16.9 Å². The van der Waals surface area contributed by atoms with Crippen LogP contribution in [0.1, 0.15) is 29.9 Å². The van der Waals surface area contributed by atoms with E-state index in [2.05, 4.69) is 47.7 Å². The molecule has 0 aliphatic carbocycles. The van der Waals surface area contributed by atoms with Gasteiger partial charge in [0.2, 0.25) is 0 Å². The van der Waals surface area contributed by atoms with Crippen LogP contribution >= 0.6 is 22.7 Å². The maximum absolute atomic E-state index is 12.7. The molecular weight excluding hydrogens is 338 g/mol. The fraction of sp³-hybridized carbons (Fsp3) is 0.222. The first-order chi connectivity index (χ1) is 11.7. The normalized spacial score (nSPS) is 11.4. The molecule has 0 atom stereocenters. The van der Waals surface area contributed by atoms with Gasteiger partial charge in [0, 0.05) is 6.54 Å². The lowest BCUT2D eigenvalue weighted by Crippen LogP contribution is -2.16. The summed E-state index contributed by atoms with van der Waals surface area (Å²) in [4.78, 5) is 17.2. The van der Waals surface area contributed by atoms with Crippen molar-refractivity contribution in [1.82, 2.24) is 9.55 Å². The number of thiazole rings is 1. The van der Waals surface area contributed by atoms with Crippen molar-refractivity contribution in [1.29, 1.82) is 0 Å². The highest BCUT2D eigenvalue weighted by molar-refractivity contribution is 7.22. The standard InChI is InChI=1S/C18H17N3OS2/c1-3-11-5-6-12-15(9-11)24-18(19-12)20-17(22)14-10-16-13(7-8-23-16)21(14)4-2/h5-10H,3-4H2,1-2H3,(H,19,20,22). The minimum atomic E-state index is -0.102. The number of carbonyl (C=O) groups is 1. The molecule has 24 heavy (non-hydrogen) atoms. The Labute approximate surface area is 147 Å². The summed E-state index contributed by atoms with van der Waals surface area (Å²) in [5.74, 6) is -0.102. The van der Waals surface area contributed by atoms with Crippen LogP contribution in [0.25, 0.3) is 20.4 Å². The lowest BCUT2D eigenvalue weighted by Gasteiger charge is -2.06. The SMILES string of the molecule is CCc1ccc2nc(NC(=O)c3cc4sccc4n3CC)sc2c1. The molecule has 3 aromatic heterocycles. The van der Waals surface area contributed by atoms with Crippen molar-refractivity contribution in [3.63, 3.8) is 0 Å². The van der Waals surface area contributed by atoms with Gasteiger partial charge >= 0.3 is 0 Å². The molecule has 3 heterocycles. The van der Waals surface area contributed by atoms with E-state index < -0.39 is 0 Å². The number of anilines is 1. The first kappa shape index (κ1) is 15.4. The van der Waals surface area contributed by atoms with Crippen LogP contribution in [0.2, 0.25) is 0 Å². The Morgan fingerprint density at radius 3 is 2.88 bits per heavy atom. The molecule has 4 rings (SSSR count). The van der Waals surface area contributed by atoms with E-state index in [0.29, 0.717) is 10.8 Å². The van der Waals surface area contributed by atoms with E-state index in [9.17, 15) is 4.79 Å². The number of nitrogens with one attached hydrogen (secondary N) is 1. The molecule has 1 N–H and O–H groups in total. The monoisotopic (exact) mass is 355 g/mol. The first-order valence-corrected chi connectivity index (χ1v) is 9.66. The summed E-state index contributed by atoms with van der Waals surface area (Å²) < 4.78 is 4.29. The van der Waals surface area contributed by atoms with Crippen molar-refractivity contribution in [3.8, 4) is 0 Å². The number of thiophene rings is 1. The maximum Gasteiger partial charge on any atom is 0.274 e. The third-order valence-corrected chi connectivity index (χ3v) is 5.94. The van der Waals surface area contributed by atoms with Gasteiger partial charge in [0.1, 0.15) is 5.69 Å². The Morgan fingerprint density at radius 2 is 2.08 bits per heavy atom. The Bertz CT molecular complexity index is 1040. The second-order valence-electron chi connectivity index (χ2n) is 5.57. The van der Waals surface area contributed by atoms with Gasteiger partial charge in [-0.3, -0.25) is 10.1 Å². The number of rotatable bonds is 4. The molecule has 0 spiro atoms. The number of aromatic nitrogens is 2.